The van der Waals surface area contributed by atoms with Gasteiger partial charge in [-0.05, 0) is 19.3 Å². The highest BCUT2D eigenvalue weighted by Gasteiger charge is 2.27. The molecule has 6 heteroatoms. The molecule has 0 spiro atoms. The predicted octanol–water partition coefficient (Wildman–Crippen LogP) is 1.25. The lowest BCUT2D eigenvalue weighted by Crippen LogP contribution is -2.50. The van der Waals surface area contributed by atoms with E-state index in [-0.39, 0.29) is 18.4 Å². The van der Waals surface area contributed by atoms with Crippen LogP contribution in [0.3, 0.4) is 0 Å². The van der Waals surface area contributed by atoms with E-state index in [1.165, 1.54) is 0 Å². The second-order valence-corrected chi connectivity index (χ2v) is 4.69. The Balaban J connectivity index is 4.43. The van der Waals surface area contributed by atoms with Gasteiger partial charge in [0.2, 0.25) is 5.91 Å². The number of hydrogen-bond donors (Lipinski definition) is 1. The Morgan fingerprint density at radius 2 is 1.95 bits per heavy atom. The van der Waals surface area contributed by atoms with Gasteiger partial charge in [0, 0.05) is 27.3 Å². The van der Waals surface area contributed by atoms with Gasteiger partial charge in [-0.2, -0.15) is 0 Å². The lowest BCUT2D eigenvalue weighted by atomic mass is 10.0. The Kier molecular flexibility index (Phi) is 8.95. The van der Waals surface area contributed by atoms with Gasteiger partial charge >= 0.3 is 6.09 Å². The van der Waals surface area contributed by atoms with Gasteiger partial charge in [0.25, 0.3) is 0 Å². The molecule has 0 saturated heterocycles. The number of hydrogen-bond acceptors (Lipinski definition) is 4. The highest BCUT2D eigenvalue weighted by molar-refractivity contribution is 5.85. The van der Waals surface area contributed by atoms with Crippen LogP contribution in [0.4, 0.5) is 4.79 Å². The van der Waals surface area contributed by atoms with E-state index in [1.54, 1.807) is 26.0 Å². The van der Waals surface area contributed by atoms with Crippen molar-refractivity contribution in [2.45, 2.75) is 33.2 Å². The fourth-order valence-electron chi connectivity index (χ4n) is 1.61. The first-order chi connectivity index (χ1) is 8.93. The van der Waals surface area contributed by atoms with Crippen LogP contribution in [0.5, 0.6) is 0 Å². The number of ether oxygens (including phenoxy) is 2. The molecule has 0 bridgehead atoms. The zero-order valence-corrected chi connectivity index (χ0v) is 12.6. The van der Waals surface area contributed by atoms with E-state index in [9.17, 15) is 9.59 Å². The second kappa shape index (κ2) is 9.61. The first-order valence-corrected chi connectivity index (χ1v) is 6.61. The Hall–Kier alpha value is -1.30. The number of likely N-dealkylation sites (N-methyl/N-ethyl adjacent to an activating group) is 1. The summed E-state index contributed by atoms with van der Waals surface area (Å²) in [6, 6.07) is -0.563. The maximum absolute atomic E-state index is 12.2. The molecule has 1 unspecified atom stereocenters. The van der Waals surface area contributed by atoms with E-state index in [4.69, 9.17) is 9.47 Å². The number of nitrogens with one attached hydrogen (secondary N) is 1. The van der Waals surface area contributed by atoms with Crippen molar-refractivity contribution in [2.24, 2.45) is 5.92 Å². The van der Waals surface area contributed by atoms with E-state index in [1.807, 2.05) is 13.8 Å². The van der Waals surface area contributed by atoms with Crippen LogP contribution >= 0.6 is 0 Å². The minimum atomic E-state index is -0.563. The highest BCUT2D eigenvalue weighted by Crippen LogP contribution is 2.06. The SMILES string of the molecule is CCOC(=O)NC(C(=O)N(C)CCCOC)C(C)C. The van der Waals surface area contributed by atoms with Crippen molar-refractivity contribution < 1.29 is 19.1 Å². The summed E-state index contributed by atoms with van der Waals surface area (Å²) in [5.74, 6) is -0.110. The lowest BCUT2D eigenvalue weighted by Gasteiger charge is -2.26. The lowest BCUT2D eigenvalue weighted by molar-refractivity contribution is -0.133. The molecular weight excluding hydrogens is 248 g/mol. The number of rotatable bonds is 8. The molecule has 0 aromatic heterocycles. The van der Waals surface area contributed by atoms with Crippen LogP contribution in [0.1, 0.15) is 27.2 Å². The fourth-order valence-corrected chi connectivity index (χ4v) is 1.61. The Morgan fingerprint density at radius 1 is 1.32 bits per heavy atom. The van der Waals surface area contributed by atoms with Crippen molar-refractivity contribution in [1.82, 2.24) is 10.2 Å². The summed E-state index contributed by atoms with van der Waals surface area (Å²) in [4.78, 5) is 25.3. The Labute approximate surface area is 115 Å². The zero-order valence-electron chi connectivity index (χ0n) is 12.6. The van der Waals surface area contributed by atoms with Gasteiger partial charge < -0.3 is 19.7 Å². The Bertz CT molecular complexity index is 282. The first-order valence-electron chi connectivity index (χ1n) is 6.61. The van der Waals surface area contributed by atoms with Gasteiger partial charge in [-0.1, -0.05) is 13.8 Å². The summed E-state index contributed by atoms with van der Waals surface area (Å²) in [5, 5.41) is 2.60. The minimum absolute atomic E-state index is 0.00165. The van der Waals surface area contributed by atoms with E-state index < -0.39 is 12.1 Å². The van der Waals surface area contributed by atoms with Crippen molar-refractivity contribution in [3.63, 3.8) is 0 Å². The fraction of sp³-hybridized carbons (Fsp3) is 0.846. The van der Waals surface area contributed by atoms with Gasteiger partial charge in [-0.3, -0.25) is 4.79 Å². The van der Waals surface area contributed by atoms with Crippen LogP contribution in [0.15, 0.2) is 0 Å². The van der Waals surface area contributed by atoms with Crippen molar-refractivity contribution in [2.75, 3.05) is 33.9 Å². The predicted molar refractivity (Wildman–Crippen MR) is 72.9 cm³/mol. The van der Waals surface area contributed by atoms with Gasteiger partial charge in [0.05, 0.1) is 6.61 Å². The molecule has 0 fully saturated rings. The third-order valence-electron chi connectivity index (χ3n) is 2.70. The van der Waals surface area contributed by atoms with E-state index >= 15 is 0 Å². The third kappa shape index (κ3) is 7.00. The molecular formula is C13H26N2O4. The van der Waals surface area contributed by atoms with Crippen molar-refractivity contribution >= 4 is 12.0 Å². The largest absolute Gasteiger partial charge is 0.450 e. The molecule has 19 heavy (non-hydrogen) atoms. The molecule has 6 nitrogen and oxygen atoms in total. The molecule has 0 aromatic carbocycles. The quantitative estimate of drug-likeness (QED) is 0.676. The third-order valence-corrected chi connectivity index (χ3v) is 2.70. The molecule has 0 radical (unpaired) electrons. The van der Waals surface area contributed by atoms with Gasteiger partial charge in [0.1, 0.15) is 6.04 Å². The normalized spacial score (nSPS) is 12.1. The van der Waals surface area contributed by atoms with Gasteiger partial charge in [0.15, 0.2) is 0 Å². The van der Waals surface area contributed by atoms with Crippen LogP contribution in [-0.2, 0) is 14.3 Å². The van der Waals surface area contributed by atoms with Crippen molar-refractivity contribution in [1.29, 1.82) is 0 Å². The number of nitrogens with zero attached hydrogens (tertiary/aromatic N) is 1. The van der Waals surface area contributed by atoms with Crippen molar-refractivity contribution in [3.8, 4) is 0 Å². The number of carbonyl (C=O) groups excluding carboxylic acids is 2. The average molecular weight is 274 g/mol. The minimum Gasteiger partial charge on any atom is -0.450 e. The standard InChI is InChI=1S/C13H26N2O4/c1-6-19-13(17)14-11(10(2)3)12(16)15(4)8-7-9-18-5/h10-11H,6-9H2,1-5H3,(H,14,17). The molecule has 0 aliphatic rings. The molecule has 1 N–H and O–H groups in total. The zero-order chi connectivity index (χ0) is 14.8. The molecule has 0 saturated carbocycles. The summed E-state index contributed by atoms with van der Waals surface area (Å²) in [6.45, 7) is 6.99. The smallest absolute Gasteiger partial charge is 0.407 e. The number of methoxy groups -OCH3 is 1. The highest BCUT2D eigenvalue weighted by atomic mass is 16.5. The number of carbonyl (C=O) groups is 2. The van der Waals surface area contributed by atoms with Crippen LogP contribution in [-0.4, -0.2) is 56.9 Å². The molecule has 112 valence electrons. The number of amides is 2. The van der Waals surface area contributed by atoms with E-state index in [0.717, 1.165) is 6.42 Å². The second-order valence-electron chi connectivity index (χ2n) is 4.69. The molecule has 0 aliphatic heterocycles. The summed E-state index contributed by atoms with van der Waals surface area (Å²) in [7, 11) is 3.35. The summed E-state index contributed by atoms with van der Waals surface area (Å²) < 4.78 is 9.76. The molecule has 0 aromatic rings. The van der Waals surface area contributed by atoms with Crippen LogP contribution in [0, 0.1) is 5.92 Å². The van der Waals surface area contributed by atoms with Crippen LogP contribution < -0.4 is 5.32 Å². The monoisotopic (exact) mass is 274 g/mol. The van der Waals surface area contributed by atoms with Gasteiger partial charge in [-0.15, -0.1) is 0 Å². The van der Waals surface area contributed by atoms with E-state index in [0.29, 0.717) is 13.2 Å². The molecule has 0 aliphatic carbocycles. The number of alkyl carbamates (subject to hydrolysis) is 1. The summed E-state index contributed by atoms with van der Waals surface area (Å²) >= 11 is 0. The van der Waals surface area contributed by atoms with Gasteiger partial charge in [-0.25, -0.2) is 4.79 Å². The summed E-state index contributed by atoms with van der Waals surface area (Å²) in [6.07, 6.45) is 0.211. The van der Waals surface area contributed by atoms with Crippen LogP contribution in [0.25, 0.3) is 0 Å². The first kappa shape index (κ1) is 17.7. The molecule has 0 heterocycles. The van der Waals surface area contributed by atoms with Crippen LogP contribution in [0.2, 0.25) is 0 Å². The average Bonchev–Trinajstić information content (AvgIpc) is 2.35. The van der Waals surface area contributed by atoms with Crippen molar-refractivity contribution in [3.05, 3.63) is 0 Å². The molecule has 1 atom stereocenters. The Morgan fingerprint density at radius 3 is 2.42 bits per heavy atom. The maximum atomic E-state index is 12.2. The maximum Gasteiger partial charge on any atom is 0.407 e. The molecule has 2 amide bonds. The molecule has 0 rings (SSSR count). The topological polar surface area (TPSA) is 67.9 Å². The summed E-state index contributed by atoms with van der Waals surface area (Å²) in [5.41, 5.74) is 0. The van der Waals surface area contributed by atoms with E-state index in [2.05, 4.69) is 5.32 Å².